The van der Waals surface area contributed by atoms with E-state index in [9.17, 15) is 13.2 Å². The minimum atomic E-state index is -0.919. The molecule has 1 aliphatic heterocycles. The number of aromatic amines is 1. The van der Waals surface area contributed by atoms with Crippen molar-refractivity contribution in [3.05, 3.63) is 57.9 Å². The number of H-pyrrole nitrogens is 1. The Morgan fingerprint density at radius 1 is 1.20 bits per heavy atom. The van der Waals surface area contributed by atoms with Crippen molar-refractivity contribution in [3.63, 3.8) is 0 Å². The topological polar surface area (TPSA) is 57.7 Å². The molecule has 0 aliphatic carbocycles. The number of rotatable bonds is 3. The van der Waals surface area contributed by atoms with E-state index in [-0.39, 0.29) is 28.5 Å². The highest BCUT2D eigenvalue weighted by molar-refractivity contribution is 6.31. The zero-order chi connectivity index (χ0) is 17.6. The Bertz CT molecular complexity index is 945. The molecule has 0 amide bonds. The van der Waals surface area contributed by atoms with Crippen LogP contribution in [0.3, 0.4) is 0 Å². The molecular weight excluding hydrogens is 355 g/mol. The van der Waals surface area contributed by atoms with E-state index in [1.807, 2.05) is 0 Å². The molecule has 0 bridgehead atoms. The monoisotopic (exact) mass is 365 g/mol. The van der Waals surface area contributed by atoms with Crippen LogP contribution in [0.25, 0.3) is 11.4 Å². The van der Waals surface area contributed by atoms with E-state index < -0.39 is 17.5 Å². The SMILES string of the molecule is Fc1cccc(CN2CCc3cc(Cl)c(F)c(-c4nn[nH]n4)c32)c1F. The number of hydrogen-bond acceptors (Lipinski definition) is 4. The third-order valence-electron chi connectivity index (χ3n) is 4.20. The summed E-state index contributed by atoms with van der Waals surface area (Å²) in [5, 5.41) is 13.4. The van der Waals surface area contributed by atoms with Crippen LogP contribution >= 0.6 is 11.6 Å². The molecule has 0 fully saturated rings. The van der Waals surface area contributed by atoms with Crippen LogP contribution in [-0.4, -0.2) is 27.2 Å². The number of benzene rings is 2. The quantitative estimate of drug-likeness (QED) is 0.771. The van der Waals surface area contributed by atoms with Gasteiger partial charge in [-0.25, -0.2) is 13.2 Å². The minimum Gasteiger partial charge on any atom is -0.366 e. The van der Waals surface area contributed by atoms with Crippen LogP contribution in [0, 0.1) is 17.5 Å². The number of nitrogens with one attached hydrogen (secondary N) is 1. The molecule has 128 valence electrons. The van der Waals surface area contributed by atoms with Gasteiger partial charge < -0.3 is 4.90 Å². The lowest BCUT2D eigenvalue weighted by molar-refractivity contribution is 0.497. The highest BCUT2D eigenvalue weighted by atomic mass is 35.5. The summed E-state index contributed by atoms with van der Waals surface area (Å²) in [6, 6.07) is 5.53. The fraction of sp³-hybridized carbons (Fsp3) is 0.188. The van der Waals surface area contributed by atoms with Crippen molar-refractivity contribution < 1.29 is 13.2 Å². The van der Waals surface area contributed by atoms with E-state index in [4.69, 9.17) is 11.6 Å². The zero-order valence-electron chi connectivity index (χ0n) is 12.7. The first-order chi connectivity index (χ1) is 12.1. The molecular formula is C16H11ClF3N5. The lowest BCUT2D eigenvalue weighted by atomic mass is 10.1. The largest absolute Gasteiger partial charge is 0.366 e. The first-order valence-electron chi connectivity index (χ1n) is 7.48. The number of anilines is 1. The van der Waals surface area contributed by atoms with Crippen molar-refractivity contribution in [1.82, 2.24) is 20.6 Å². The summed E-state index contributed by atoms with van der Waals surface area (Å²) in [6.07, 6.45) is 0.594. The van der Waals surface area contributed by atoms with Gasteiger partial charge in [-0.05, 0) is 29.3 Å². The number of nitrogens with zero attached hydrogens (tertiary/aromatic N) is 4. The Morgan fingerprint density at radius 3 is 2.80 bits per heavy atom. The smallest absolute Gasteiger partial charge is 0.209 e. The van der Waals surface area contributed by atoms with Crippen molar-refractivity contribution in [3.8, 4) is 11.4 Å². The Labute approximate surface area is 145 Å². The molecule has 25 heavy (non-hydrogen) atoms. The molecule has 0 spiro atoms. The van der Waals surface area contributed by atoms with Gasteiger partial charge in [0.05, 0.1) is 16.3 Å². The average molecular weight is 366 g/mol. The minimum absolute atomic E-state index is 0.0441. The van der Waals surface area contributed by atoms with E-state index in [0.29, 0.717) is 18.7 Å². The third-order valence-corrected chi connectivity index (χ3v) is 4.48. The predicted molar refractivity (Wildman–Crippen MR) is 85.7 cm³/mol. The second-order valence-electron chi connectivity index (χ2n) is 5.68. The normalized spacial score (nSPS) is 13.4. The molecule has 1 aromatic heterocycles. The lowest BCUT2D eigenvalue weighted by Gasteiger charge is -2.22. The van der Waals surface area contributed by atoms with E-state index >= 15 is 0 Å². The molecule has 5 nitrogen and oxygen atoms in total. The van der Waals surface area contributed by atoms with Gasteiger partial charge in [-0.2, -0.15) is 5.21 Å². The van der Waals surface area contributed by atoms with Gasteiger partial charge in [-0.15, -0.1) is 10.2 Å². The molecule has 0 radical (unpaired) electrons. The number of aromatic nitrogens is 4. The molecule has 9 heteroatoms. The molecule has 0 atom stereocenters. The van der Waals surface area contributed by atoms with Crippen molar-refractivity contribution in [2.24, 2.45) is 0 Å². The summed E-state index contributed by atoms with van der Waals surface area (Å²) in [5.41, 5.74) is 1.60. The number of hydrogen-bond donors (Lipinski definition) is 1. The second kappa shape index (κ2) is 6.03. The number of halogens is 4. The van der Waals surface area contributed by atoms with Crippen molar-refractivity contribution >= 4 is 17.3 Å². The summed E-state index contributed by atoms with van der Waals surface area (Å²) in [5.74, 6) is -2.44. The Balaban J connectivity index is 1.82. The van der Waals surface area contributed by atoms with Gasteiger partial charge in [0.1, 0.15) is 0 Å². The van der Waals surface area contributed by atoms with Gasteiger partial charge >= 0.3 is 0 Å². The maximum absolute atomic E-state index is 14.7. The van der Waals surface area contributed by atoms with Crippen LogP contribution in [0.1, 0.15) is 11.1 Å². The Hall–Kier alpha value is -2.61. The lowest BCUT2D eigenvalue weighted by Crippen LogP contribution is -2.21. The second-order valence-corrected chi connectivity index (χ2v) is 6.08. The van der Waals surface area contributed by atoms with Crippen molar-refractivity contribution in [2.75, 3.05) is 11.4 Å². The van der Waals surface area contributed by atoms with Crippen molar-refractivity contribution in [1.29, 1.82) is 0 Å². The van der Waals surface area contributed by atoms with Crippen LogP contribution in [0.15, 0.2) is 24.3 Å². The van der Waals surface area contributed by atoms with Gasteiger partial charge in [0.25, 0.3) is 0 Å². The van der Waals surface area contributed by atoms with Gasteiger partial charge in [-0.1, -0.05) is 23.7 Å². The van der Waals surface area contributed by atoms with Gasteiger partial charge in [0.15, 0.2) is 17.5 Å². The molecule has 2 aromatic carbocycles. The summed E-state index contributed by atoms with van der Waals surface area (Å²) in [4.78, 5) is 1.76. The Kier molecular flexibility index (Phi) is 3.84. The van der Waals surface area contributed by atoms with Gasteiger partial charge in [0.2, 0.25) is 5.82 Å². The third kappa shape index (κ3) is 2.62. The first-order valence-corrected chi connectivity index (χ1v) is 7.86. The molecule has 2 heterocycles. The molecule has 3 aromatic rings. The van der Waals surface area contributed by atoms with Crippen LogP contribution in [-0.2, 0) is 13.0 Å². The number of tetrazole rings is 1. The van der Waals surface area contributed by atoms with Crippen LogP contribution in [0.4, 0.5) is 18.9 Å². The summed E-state index contributed by atoms with van der Waals surface area (Å²) in [7, 11) is 0. The fourth-order valence-electron chi connectivity index (χ4n) is 3.09. The van der Waals surface area contributed by atoms with E-state index in [2.05, 4.69) is 20.6 Å². The molecule has 0 saturated heterocycles. The molecule has 0 unspecified atom stereocenters. The summed E-state index contributed by atoms with van der Waals surface area (Å²) >= 11 is 5.98. The van der Waals surface area contributed by atoms with Crippen molar-refractivity contribution in [2.45, 2.75) is 13.0 Å². The van der Waals surface area contributed by atoms with E-state index in [0.717, 1.165) is 11.6 Å². The highest BCUT2D eigenvalue weighted by Gasteiger charge is 2.30. The first kappa shape index (κ1) is 15.9. The van der Waals surface area contributed by atoms with Crippen LogP contribution in [0.2, 0.25) is 5.02 Å². The molecule has 0 saturated carbocycles. The number of fused-ring (bicyclic) bond motifs is 1. The highest BCUT2D eigenvalue weighted by Crippen LogP contribution is 2.42. The van der Waals surface area contributed by atoms with Crippen LogP contribution < -0.4 is 4.90 Å². The average Bonchev–Trinajstić information content (AvgIpc) is 3.24. The summed E-state index contributed by atoms with van der Waals surface area (Å²) < 4.78 is 42.1. The fourth-order valence-corrected chi connectivity index (χ4v) is 3.32. The molecule has 1 aliphatic rings. The summed E-state index contributed by atoms with van der Waals surface area (Å²) in [6.45, 7) is 0.596. The maximum atomic E-state index is 14.7. The maximum Gasteiger partial charge on any atom is 0.209 e. The van der Waals surface area contributed by atoms with E-state index in [1.54, 1.807) is 4.90 Å². The standard InChI is InChI=1S/C16H11ClF3N5/c17-10-6-8-4-5-25(7-9-2-1-3-11(18)13(9)19)15(8)12(14(10)20)16-21-23-24-22-16/h1-3,6H,4-5,7H2,(H,21,22,23,24). The van der Waals surface area contributed by atoms with Crippen LogP contribution in [0.5, 0.6) is 0 Å². The van der Waals surface area contributed by atoms with E-state index in [1.165, 1.54) is 18.2 Å². The Morgan fingerprint density at radius 2 is 2.04 bits per heavy atom. The van der Waals surface area contributed by atoms with Gasteiger partial charge in [-0.3, -0.25) is 0 Å². The molecule has 1 N–H and O–H groups in total. The van der Waals surface area contributed by atoms with Gasteiger partial charge in [0, 0.05) is 18.7 Å². The zero-order valence-corrected chi connectivity index (χ0v) is 13.5. The predicted octanol–water partition coefficient (Wildman–Crippen LogP) is 3.50. The molecule has 4 rings (SSSR count).